The molecule has 0 saturated carbocycles. The third kappa shape index (κ3) is 5.20. The van der Waals surface area contributed by atoms with Gasteiger partial charge in [0.2, 0.25) is 0 Å². The van der Waals surface area contributed by atoms with E-state index in [4.69, 9.17) is 4.74 Å². The Labute approximate surface area is 163 Å². The fourth-order valence-corrected chi connectivity index (χ4v) is 5.09. The van der Waals surface area contributed by atoms with Gasteiger partial charge < -0.3 is 9.64 Å². The minimum absolute atomic E-state index is 0.554. The SMILES string of the molecule is Cc1ccc(C)c(OCCN2CCN(S(=O)(=O)N3CCN(C)CC3)CC2)c1. The molecular weight excluding hydrogens is 364 g/mol. The minimum Gasteiger partial charge on any atom is -0.492 e. The third-order valence-corrected chi connectivity index (χ3v) is 7.49. The number of piperazine rings is 2. The van der Waals surface area contributed by atoms with E-state index in [0.717, 1.165) is 44.0 Å². The molecule has 0 atom stereocenters. The van der Waals surface area contributed by atoms with Gasteiger partial charge >= 0.3 is 0 Å². The van der Waals surface area contributed by atoms with Crippen LogP contribution in [0.5, 0.6) is 5.75 Å². The molecule has 2 saturated heterocycles. The van der Waals surface area contributed by atoms with E-state index in [2.05, 4.69) is 41.8 Å². The van der Waals surface area contributed by atoms with Crippen LogP contribution in [0.4, 0.5) is 0 Å². The molecule has 1 aromatic carbocycles. The molecule has 0 spiro atoms. The Morgan fingerprint density at radius 3 is 2.15 bits per heavy atom. The highest BCUT2D eigenvalue weighted by molar-refractivity contribution is 7.86. The Balaban J connectivity index is 1.44. The molecular formula is C19H32N4O3S. The minimum atomic E-state index is -3.32. The summed E-state index contributed by atoms with van der Waals surface area (Å²) < 4.78 is 34.8. The Morgan fingerprint density at radius 1 is 0.926 bits per heavy atom. The van der Waals surface area contributed by atoms with Gasteiger partial charge in [-0.1, -0.05) is 12.1 Å². The van der Waals surface area contributed by atoms with Crippen molar-refractivity contribution in [3.8, 4) is 5.75 Å². The summed E-state index contributed by atoms with van der Waals surface area (Å²) in [6, 6.07) is 6.23. The van der Waals surface area contributed by atoms with Crippen LogP contribution in [0.2, 0.25) is 0 Å². The van der Waals surface area contributed by atoms with Gasteiger partial charge in [0.1, 0.15) is 12.4 Å². The first kappa shape index (κ1) is 20.5. The van der Waals surface area contributed by atoms with E-state index in [0.29, 0.717) is 32.8 Å². The van der Waals surface area contributed by atoms with Gasteiger partial charge in [-0.05, 0) is 38.1 Å². The average molecular weight is 397 g/mol. The lowest BCUT2D eigenvalue weighted by Crippen LogP contribution is -2.56. The van der Waals surface area contributed by atoms with Crippen molar-refractivity contribution in [2.45, 2.75) is 13.8 Å². The molecule has 3 rings (SSSR count). The molecule has 2 fully saturated rings. The van der Waals surface area contributed by atoms with Gasteiger partial charge in [0, 0.05) is 58.9 Å². The van der Waals surface area contributed by atoms with Crippen molar-refractivity contribution < 1.29 is 13.2 Å². The number of hydrogen-bond donors (Lipinski definition) is 0. The standard InChI is InChI=1S/C19H32N4O3S/c1-17-4-5-18(2)19(16-17)26-15-14-21-8-12-23(13-9-21)27(24,25)22-10-6-20(3)7-11-22/h4-5,16H,6-15H2,1-3H3. The summed E-state index contributed by atoms with van der Waals surface area (Å²) in [4.78, 5) is 4.45. The molecule has 0 aliphatic carbocycles. The lowest BCUT2D eigenvalue weighted by Gasteiger charge is -2.39. The van der Waals surface area contributed by atoms with Gasteiger partial charge in [-0.3, -0.25) is 4.90 Å². The van der Waals surface area contributed by atoms with Crippen LogP contribution in [0.25, 0.3) is 0 Å². The predicted molar refractivity (Wildman–Crippen MR) is 107 cm³/mol. The topological polar surface area (TPSA) is 56.3 Å². The Bertz CT molecular complexity index is 724. The lowest BCUT2D eigenvalue weighted by atomic mass is 10.1. The quantitative estimate of drug-likeness (QED) is 0.712. The van der Waals surface area contributed by atoms with Crippen LogP contribution in [-0.4, -0.2) is 99.4 Å². The first-order valence-corrected chi connectivity index (χ1v) is 11.1. The number of likely N-dealkylation sites (N-methyl/N-ethyl adjacent to an activating group) is 1. The number of nitrogens with zero attached hydrogens (tertiary/aromatic N) is 4. The largest absolute Gasteiger partial charge is 0.492 e. The molecule has 2 heterocycles. The first-order valence-electron chi connectivity index (χ1n) is 9.72. The molecule has 0 bridgehead atoms. The van der Waals surface area contributed by atoms with Crippen molar-refractivity contribution in [1.82, 2.24) is 18.4 Å². The molecule has 1 aromatic rings. The molecule has 0 aromatic heterocycles. The molecule has 0 unspecified atom stereocenters. The predicted octanol–water partition coefficient (Wildman–Crippen LogP) is 0.792. The van der Waals surface area contributed by atoms with Gasteiger partial charge in [-0.25, -0.2) is 0 Å². The van der Waals surface area contributed by atoms with Gasteiger partial charge in [0.25, 0.3) is 10.2 Å². The smallest absolute Gasteiger partial charge is 0.282 e. The van der Waals surface area contributed by atoms with Crippen molar-refractivity contribution in [3.63, 3.8) is 0 Å². The number of benzene rings is 1. The molecule has 2 aliphatic rings. The van der Waals surface area contributed by atoms with Crippen LogP contribution >= 0.6 is 0 Å². The van der Waals surface area contributed by atoms with E-state index in [9.17, 15) is 8.42 Å². The normalized spacial score (nSPS) is 21.4. The van der Waals surface area contributed by atoms with E-state index in [1.807, 2.05) is 7.05 Å². The summed E-state index contributed by atoms with van der Waals surface area (Å²) in [5.41, 5.74) is 2.34. The second-order valence-corrected chi connectivity index (χ2v) is 9.50. The molecule has 0 N–H and O–H groups in total. The van der Waals surface area contributed by atoms with Crippen LogP contribution in [0, 0.1) is 13.8 Å². The van der Waals surface area contributed by atoms with Crippen molar-refractivity contribution >= 4 is 10.2 Å². The highest BCUT2D eigenvalue weighted by Crippen LogP contribution is 2.19. The summed E-state index contributed by atoms with van der Waals surface area (Å²) in [6.45, 7) is 10.9. The third-order valence-electron chi connectivity index (χ3n) is 5.45. The monoisotopic (exact) mass is 396 g/mol. The van der Waals surface area contributed by atoms with Gasteiger partial charge in [0.05, 0.1) is 0 Å². The molecule has 152 valence electrons. The maximum Gasteiger partial charge on any atom is 0.282 e. The summed E-state index contributed by atoms with van der Waals surface area (Å²) in [6.07, 6.45) is 0. The highest BCUT2D eigenvalue weighted by Gasteiger charge is 2.33. The van der Waals surface area contributed by atoms with Crippen LogP contribution in [0.3, 0.4) is 0 Å². The van der Waals surface area contributed by atoms with Gasteiger partial charge in [0.15, 0.2) is 0 Å². The Morgan fingerprint density at radius 2 is 1.52 bits per heavy atom. The molecule has 27 heavy (non-hydrogen) atoms. The van der Waals surface area contributed by atoms with Crippen molar-refractivity contribution in [2.75, 3.05) is 72.6 Å². The Kier molecular flexibility index (Phi) is 6.75. The van der Waals surface area contributed by atoms with Crippen LogP contribution in [-0.2, 0) is 10.2 Å². The van der Waals surface area contributed by atoms with Gasteiger partial charge in [-0.2, -0.15) is 17.0 Å². The molecule has 0 radical (unpaired) electrons. The lowest BCUT2D eigenvalue weighted by molar-refractivity contribution is 0.149. The second-order valence-electron chi connectivity index (χ2n) is 7.57. The highest BCUT2D eigenvalue weighted by atomic mass is 32.2. The number of rotatable bonds is 6. The number of aryl methyl sites for hydroxylation is 2. The maximum absolute atomic E-state index is 12.8. The van der Waals surface area contributed by atoms with Crippen LogP contribution in [0.1, 0.15) is 11.1 Å². The number of ether oxygens (including phenoxy) is 1. The number of hydrogen-bond acceptors (Lipinski definition) is 5. The fraction of sp³-hybridized carbons (Fsp3) is 0.684. The molecule has 7 nitrogen and oxygen atoms in total. The van der Waals surface area contributed by atoms with E-state index in [1.165, 1.54) is 5.56 Å². The van der Waals surface area contributed by atoms with Crippen LogP contribution < -0.4 is 4.74 Å². The molecule has 8 heteroatoms. The summed E-state index contributed by atoms with van der Waals surface area (Å²) in [7, 11) is -1.29. The molecule has 0 amide bonds. The Hall–Kier alpha value is -1.19. The van der Waals surface area contributed by atoms with E-state index in [-0.39, 0.29) is 0 Å². The van der Waals surface area contributed by atoms with Crippen LogP contribution in [0.15, 0.2) is 18.2 Å². The van der Waals surface area contributed by atoms with Crippen molar-refractivity contribution in [1.29, 1.82) is 0 Å². The van der Waals surface area contributed by atoms with E-state index in [1.54, 1.807) is 8.61 Å². The van der Waals surface area contributed by atoms with Crippen molar-refractivity contribution in [2.24, 2.45) is 0 Å². The maximum atomic E-state index is 12.8. The summed E-state index contributed by atoms with van der Waals surface area (Å²) in [5.74, 6) is 0.936. The average Bonchev–Trinajstić information content (AvgIpc) is 2.65. The fourth-order valence-electron chi connectivity index (χ4n) is 3.51. The zero-order valence-corrected chi connectivity index (χ0v) is 17.5. The summed E-state index contributed by atoms with van der Waals surface area (Å²) in [5, 5.41) is 0. The first-order chi connectivity index (χ1) is 12.9. The van der Waals surface area contributed by atoms with E-state index >= 15 is 0 Å². The van der Waals surface area contributed by atoms with Crippen molar-refractivity contribution in [3.05, 3.63) is 29.3 Å². The van der Waals surface area contributed by atoms with E-state index < -0.39 is 10.2 Å². The zero-order chi connectivity index (χ0) is 19.4. The zero-order valence-electron chi connectivity index (χ0n) is 16.7. The van der Waals surface area contributed by atoms with Gasteiger partial charge in [-0.15, -0.1) is 0 Å². The summed E-state index contributed by atoms with van der Waals surface area (Å²) >= 11 is 0. The second kappa shape index (κ2) is 8.87. The molecule has 2 aliphatic heterocycles.